The fraction of sp³-hybridized carbons (Fsp3) is 0.529. The highest BCUT2D eigenvalue weighted by molar-refractivity contribution is 5.95. The number of nitrogens with zero attached hydrogens (tertiary/aromatic N) is 2. The number of piperidine rings is 1. The zero-order valence-corrected chi connectivity index (χ0v) is 14.1. The molecule has 0 saturated carbocycles. The normalized spacial score (nSPS) is 20.3. The topological polar surface area (TPSA) is 91.4 Å². The predicted molar refractivity (Wildman–Crippen MR) is 88.6 cm³/mol. The van der Waals surface area contributed by atoms with E-state index in [0.29, 0.717) is 17.4 Å². The highest BCUT2D eigenvalue weighted by Crippen LogP contribution is 2.21. The summed E-state index contributed by atoms with van der Waals surface area (Å²) in [6.45, 7) is 5.78. The number of amides is 3. The van der Waals surface area contributed by atoms with Crippen LogP contribution < -0.4 is 10.9 Å². The number of hydrogen-bond donors (Lipinski definition) is 2. The molecule has 2 rings (SSSR count). The maximum absolute atomic E-state index is 12.2. The Kier molecular flexibility index (Phi) is 6.28. The van der Waals surface area contributed by atoms with E-state index in [1.165, 1.54) is 6.20 Å². The molecule has 7 heteroatoms. The Labute approximate surface area is 141 Å². The molecule has 2 atom stereocenters. The third kappa shape index (κ3) is 5.33. The van der Waals surface area contributed by atoms with Crippen LogP contribution in [0, 0.1) is 11.8 Å². The first-order valence-corrected chi connectivity index (χ1v) is 8.22. The van der Waals surface area contributed by atoms with Crippen molar-refractivity contribution in [2.75, 3.05) is 13.1 Å². The smallest absolute Gasteiger partial charge is 0.271 e. The average Bonchev–Trinajstić information content (AvgIpc) is 2.57. The van der Waals surface area contributed by atoms with Crippen molar-refractivity contribution < 1.29 is 14.4 Å². The molecule has 0 aliphatic carbocycles. The zero-order chi connectivity index (χ0) is 17.5. The first kappa shape index (κ1) is 17.9. The van der Waals surface area contributed by atoms with Crippen molar-refractivity contribution in [1.29, 1.82) is 0 Å². The van der Waals surface area contributed by atoms with Gasteiger partial charge in [-0.1, -0.05) is 13.8 Å². The zero-order valence-electron chi connectivity index (χ0n) is 14.1. The number of likely N-dealkylation sites (tertiary alicyclic amines) is 1. The van der Waals surface area contributed by atoms with Gasteiger partial charge in [0.1, 0.15) is 0 Å². The lowest BCUT2D eigenvalue weighted by Crippen LogP contribution is -2.44. The fourth-order valence-corrected chi connectivity index (χ4v) is 3.00. The fourth-order valence-electron chi connectivity index (χ4n) is 3.00. The van der Waals surface area contributed by atoms with Crippen LogP contribution in [-0.4, -0.2) is 40.7 Å². The van der Waals surface area contributed by atoms with Gasteiger partial charge in [-0.05, 0) is 30.4 Å². The number of rotatable bonds is 4. The van der Waals surface area contributed by atoms with Crippen LogP contribution in [-0.2, 0) is 9.59 Å². The van der Waals surface area contributed by atoms with Crippen molar-refractivity contribution in [2.45, 2.75) is 33.1 Å². The minimum absolute atomic E-state index is 0.0119. The van der Waals surface area contributed by atoms with Crippen molar-refractivity contribution in [1.82, 2.24) is 20.7 Å². The van der Waals surface area contributed by atoms with Gasteiger partial charge in [0.15, 0.2) is 0 Å². The van der Waals surface area contributed by atoms with Gasteiger partial charge in [0.2, 0.25) is 11.8 Å². The van der Waals surface area contributed by atoms with E-state index < -0.39 is 11.8 Å². The number of nitrogens with one attached hydrogen (secondary N) is 2. The number of carbonyl (C=O) groups excluding carboxylic acids is 3. The summed E-state index contributed by atoms with van der Waals surface area (Å²) in [5.41, 5.74) is 4.98. The SMILES string of the molecule is CC1CC(C)CN(C(=O)CCC(=O)NNC(=O)c2cccnc2)C1. The standard InChI is InChI=1S/C17H24N4O3/c1-12-8-13(2)11-21(10-12)16(23)6-5-15(22)19-20-17(24)14-4-3-7-18-9-14/h3-4,7,9,12-13H,5-6,8,10-11H2,1-2H3,(H,19,22)(H,20,24). The van der Waals surface area contributed by atoms with Gasteiger partial charge in [0, 0.05) is 38.3 Å². The van der Waals surface area contributed by atoms with Gasteiger partial charge in [-0.2, -0.15) is 0 Å². The summed E-state index contributed by atoms with van der Waals surface area (Å²) in [6, 6.07) is 3.23. The van der Waals surface area contributed by atoms with Gasteiger partial charge in [-0.25, -0.2) is 0 Å². The lowest BCUT2D eigenvalue weighted by Gasteiger charge is -2.35. The monoisotopic (exact) mass is 332 g/mol. The Hall–Kier alpha value is -2.44. The van der Waals surface area contributed by atoms with E-state index in [1.54, 1.807) is 18.3 Å². The molecule has 2 N–H and O–H groups in total. The van der Waals surface area contributed by atoms with Crippen LogP contribution in [0.15, 0.2) is 24.5 Å². The van der Waals surface area contributed by atoms with Crippen LogP contribution in [0.4, 0.5) is 0 Å². The van der Waals surface area contributed by atoms with E-state index in [0.717, 1.165) is 19.5 Å². The lowest BCUT2D eigenvalue weighted by molar-refractivity contribution is -0.136. The van der Waals surface area contributed by atoms with Crippen molar-refractivity contribution in [3.05, 3.63) is 30.1 Å². The minimum Gasteiger partial charge on any atom is -0.342 e. The molecule has 7 nitrogen and oxygen atoms in total. The molecule has 1 aromatic heterocycles. The van der Waals surface area contributed by atoms with E-state index in [4.69, 9.17) is 0 Å². The average molecular weight is 332 g/mol. The molecule has 2 heterocycles. The Morgan fingerprint density at radius 1 is 1.17 bits per heavy atom. The molecule has 130 valence electrons. The van der Waals surface area contributed by atoms with Gasteiger partial charge in [0.25, 0.3) is 5.91 Å². The summed E-state index contributed by atoms with van der Waals surface area (Å²) in [5.74, 6) is 0.137. The second kappa shape index (κ2) is 8.42. The summed E-state index contributed by atoms with van der Waals surface area (Å²) in [4.78, 5) is 41.4. The molecule has 3 amide bonds. The van der Waals surface area contributed by atoms with E-state index in [9.17, 15) is 14.4 Å². The maximum Gasteiger partial charge on any atom is 0.271 e. The maximum atomic E-state index is 12.2. The van der Waals surface area contributed by atoms with Crippen LogP contribution >= 0.6 is 0 Å². The van der Waals surface area contributed by atoms with Crippen molar-refractivity contribution in [3.8, 4) is 0 Å². The molecule has 1 aromatic rings. The first-order chi connectivity index (χ1) is 11.5. The number of aromatic nitrogens is 1. The summed E-state index contributed by atoms with van der Waals surface area (Å²) < 4.78 is 0. The second-order valence-corrected chi connectivity index (χ2v) is 6.49. The quantitative estimate of drug-likeness (QED) is 0.809. The van der Waals surface area contributed by atoms with Crippen molar-refractivity contribution in [2.24, 2.45) is 11.8 Å². The molecule has 1 aliphatic heterocycles. The Balaban J connectivity index is 1.71. The van der Waals surface area contributed by atoms with Crippen molar-refractivity contribution >= 4 is 17.7 Å². The molecule has 0 aromatic carbocycles. The molecule has 24 heavy (non-hydrogen) atoms. The van der Waals surface area contributed by atoms with E-state index in [-0.39, 0.29) is 18.7 Å². The number of hydrogen-bond acceptors (Lipinski definition) is 4. The molecule has 2 unspecified atom stereocenters. The summed E-state index contributed by atoms with van der Waals surface area (Å²) in [5, 5.41) is 0. The Bertz CT molecular complexity index is 581. The highest BCUT2D eigenvalue weighted by Gasteiger charge is 2.25. The summed E-state index contributed by atoms with van der Waals surface area (Å²) in [7, 11) is 0. The highest BCUT2D eigenvalue weighted by atomic mass is 16.2. The number of hydrazine groups is 1. The third-order valence-corrected chi connectivity index (χ3v) is 4.03. The number of pyridine rings is 1. The van der Waals surface area contributed by atoms with Crippen LogP contribution in [0.5, 0.6) is 0 Å². The molecular weight excluding hydrogens is 308 g/mol. The van der Waals surface area contributed by atoms with Gasteiger partial charge in [0.05, 0.1) is 5.56 Å². The van der Waals surface area contributed by atoms with Crippen LogP contribution in [0.1, 0.15) is 43.5 Å². The van der Waals surface area contributed by atoms with Crippen LogP contribution in [0.25, 0.3) is 0 Å². The third-order valence-electron chi connectivity index (χ3n) is 4.03. The summed E-state index contributed by atoms with van der Waals surface area (Å²) >= 11 is 0. The number of carbonyl (C=O) groups is 3. The second-order valence-electron chi connectivity index (χ2n) is 6.49. The largest absolute Gasteiger partial charge is 0.342 e. The van der Waals surface area contributed by atoms with Gasteiger partial charge in [-0.3, -0.25) is 30.2 Å². The lowest BCUT2D eigenvalue weighted by atomic mass is 9.91. The molecule has 0 radical (unpaired) electrons. The first-order valence-electron chi connectivity index (χ1n) is 8.22. The molecule has 1 saturated heterocycles. The van der Waals surface area contributed by atoms with E-state index in [1.807, 2.05) is 4.90 Å². The molecular formula is C17H24N4O3. The Morgan fingerprint density at radius 2 is 1.88 bits per heavy atom. The predicted octanol–water partition coefficient (Wildman–Crippen LogP) is 1.13. The van der Waals surface area contributed by atoms with Gasteiger partial charge >= 0.3 is 0 Å². The van der Waals surface area contributed by atoms with Gasteiger partial charge < -0.3 is 4.90 Å². The molecule has 0 bridgehead atoms. The summed E-state index contributed by atoms with van der Waals surface area (Å²) in [6.07, 6.45) is 4.29. The van der Waals surface area contributed by atoms with Crippen LogP contribution in [0.2, 0.25) is 0 Å². The van der Waals surface area contributed by atoms with Gasteiger partial charge in [-0.15, -0.1) is 0 Å². The molecule has 1 aliphatic rings. The molecule has 0 spiro atoms. The van der Waals surface area contributed by atoms with E-state index in [2.05, 4.69) is 29.7 Å². The van der Waals surface area contributed by atoms with Crippen LogP contribution in [0.3, 0.4) is 0 Å². The molecule has 1 fully saturated rings. The minimum atomic E-state index is -0.443. The van der Waals surface area contributed by atoms with Crippen molar-refractivity contribution in [3.63, 3.8) is 0 Å². The van der Waals surface area contributed by atoms with E-state index >= 15 is 0 Å². The Morgan fingerprint density at radius 3 is 2.50 bits per heavy atom.